The lowest BCUT2D eigenvalue weighted by Gasteiger charge is -2.10. The predicted octanol–water partition coefficient (Wildman–Crippen LogP) is 0.784. The third-order valence-electron chi connectivity index (χ3n) is 3.90. The lowest BCUT2D eigenvalue weighted by molar-refractivity contribution is -0.121. The van der Waals surface area contributed by atoms with Crippen LogP contribution in [0.25, 0.3) is 11.0 Å². The number of carbonyl (C=O) groups is 1. The molecule has 25 heavy (non-hydrogen) atoms. The van der Waals surface area contributed by atoms with E-state index in [2.05, 4.69) is 33.7 Å². The number of benzene rings is 1. The number of rotatable bonds is 5. The molecule has 0 saturated carbocycles. The molecular weight excluding hydrogens is 322 g/mol. The number of aromatic amines is 1. The van der Waals surface area contributed by atoms with Gasteiger partial charge in [0.05, 0.1) is 17.4 Å². The van der Waals surface area contributed by atoms with Gasteiger partial charge in [0.15, 0.2) is 0 Å². The van der Waals surface area contributed by atoms with Crippen molar-refractivity contribution in [3.8, 4) is 0 Å². The van der Waals surface area contributed by atoms with E-state index < -0.39 is 11.2 Å². The lowest BCUT2D eigenvalue weighted by Crippen LogP contribution is -2.35. The smallest absolute Gasteiger partial charge is 0.328 e. The molecule has 2 heterocycles. The van der Waals surface area contributed by atoms with Gasteiger partial charge in [0.2, 0.25) is 5.91 Å². The molecule has 0 aliphatic rings. The summed E-state index contributed by atoms with van der Waals surface area (Å²) in [4.78, 5) is 41.1. The van der Waals surface area contributed by atoms with E-state index in [1.54, 1.807) is 6.33 Å². The first-order valence-electron chi connectivity index (χ1n) is 7.96. The van der Waals surface area contributed by atoms with Gasteiger partial charge >= 0.3 is 5.69 Å². The molecule has 0 bridgehead atoms. The average molecular weight is 341 g/mol. The van der Waals surface area contributed by atoms with Crippen molar-refractivity contribution in [1.82, 2.24) is 24.4 Å². The Morgan fingerprint density at radius 2 is 2.08 bits per heavy atom. The summed E-state index contributed by atoms with van der Waals surface area (Å²) in [7, 11) is 0. The third-order valence-corrected chi connectivity index (χ3v) is 3.90. The number of nitrogens with one attached hydrogen (secondary N) is 2. The largest absolute Gasteiger partial charge is 0.350 e. The van der Waals surface area contributed by atoms with Crippen molar-refractivity contribution in [2.24, 2.45) is 0 Å². The van der Waals surface area contributed by atoms with Crippen molar-refractivity contribution >= 4 is 16.9 Å². The SMILES string of the molecule is CC(C)n1cnc2ccc(CNC(=O)Cn3ccc(=O)[nH]c3=O)cc21. The number of carbonyl (C=O) groups excluding carboxylic acids is 1. The maximum absolute atomic E-state index is 12.0. The van der Waals surface area contributed by atoms with Crippen molar-refractivity contribution in [3.05, 3.63) is 63.2 Å². The number of aromatic nitrogens is 4. The molecular formula is C17H19N5O3. The van der Waals surface area contributed by atoms with Gasteiger partial charge in [-0.25, -0.2) is 9.78 Å². The molecule has 3 aromatic rings. The first-order valence-corrected chi connectivity index (χ1v) is 7.96. The topological polar surface area (TPSA) is 102 Å². The molecule has 0 aliphatic heterocycles. The average Bonchev–Trinajstić information content (AvgIpc) is 2.99. The van der Waals surface area contributed by atoms with Crippen LogP contribution >= 0.6 is 0 Å². The van der Waals surface area contributed by atoms with Gasteiger partial charge in [0.1, 0.15) is 6.54 Å². The number of hydrogen-bond donors (Lipinski definition) is 2. The van der Waals surface area contributed by atoms with Gasteiger partial charge in [-0.05, 0) is 31.5 Å². The van der Waals surface area contributed by atoms with Gasteiger partial charge in [-0.1, -0.05) is 6.07 Å². The minimum absolute atomic E-state index is 0.151. The molecule has 130 valence electrons. The molecule has 2 aromatic heterocycles. The maximum atomic E-state index is 12.0. The molecule has 0 radical (unpaired) electrons. The van der Waals surface area contributed by atoms with Crippen LogP contribution in [0.1, 0.15) is 25.5 Å². The van der Waals surface area contributed by atoms with E-state index in [9.17, 15) is 14.4 Å². The van der Waals surface area contributed by atoms with Crippen LogP contribution in [0, 0.1) is 0 Å². The molecule has 0 aliphatic carbocycles. The summed E-state index contributed by atoms with van der Waals surface area (Å²) < 4.78 is 3.22. The van der Waals surface area contributed by atoms with E-state index in [4.69, 9.17) is 0 Å². The number of H-pyrrole nitrogens is 1. The van der Waals surface area contributed by atoms with E-state index in [0.717, 1.165) is 21.2 Å². The highest BCUT2D eigenvalue weighted by Gasteiger charge is 2.08. The second-order valence-electron chi connectivity index (χ2n) is 6.08. The zero-order chi connectivity index (χ0) is 18.0. The second-order valence-corrected chi connectivity index (χ2v) is 6.08. The van der Waals surface area contributed by atoms with Gasteiger partial charge in [-0.15, -0.1) is 0 Å². The maximum Gasteiger partial charge on any atom is 0.328 e. The molecule has 0 fully saturated rings. The first-order chi connectivity index (χ1) is 11.9. The Hall–Kier alpha value is -3.16. The van der Waals surface area contributed by atoms with E-state index in [1.165, 1.54) is 12.3 Å². The summed E-state index contributed by atoms with van der Waals surface area (Å²) in [5, 5.41) is 2.77. The van der Waals surface area contributed by atoms with Crippen LogP contribution in [0.4, 0.5) is 0 Å². The molecule has 0 unspecified atom stereocenters. The van der Waals surface area contributed by atoms with Crippen molar-refractivity contribution in [1.29, 1.82) is 0 Å². The third kappa shape index (κ3) is 3.68. The molecule has 0 spiro atoms. The van der Waals surface area contributed by atoms with Gasteiger partial charge in [-0.3, -0.25) is 19.1 Å². The fourth-order valence-corrected chi connectivity index (χ4v) is 2.57. The zero-order valence-corrected chi connectivity index (χ0v) is 14.0. The number of nitrogens with zero attached hydrogens (tertiary/aromatic N) is 3. The summed E-state index contributed by atoms with van der Waals surface area (Å²) in [6, 6.07) is 7.32. The van der Waals surface area contributed by atoms with Crippen LogP contribution in [0.5, 0.6) is 0 Å². The minimum atomic E-state index is -0.607. The summed E-state index contributed by atoms with van der Waals surface area (Å²) >= 11 is 0. The number of fused-ring (bicyclic) bond motifs is 1. The van der Waals surface area contributed by atoms with Crippen molar-refractivity contribution < 1.29 is 4.79 Å². The standard InChI is InChI=1S/C17H19N5O3/c1-11(2)22-10-19-13-4-3-12(7-14(13)22)8-18-16(24)9-21-6-5-15(23)20-17(21)25/h3-7,10-11H,8-9H2,1-2H3,(H,18,24)(H,20,23,25). The molecule has 2 N–H and O–H groups in total. The zero-order valence-electron chi connectivity index (χ0n) is 14.0. The van der Waals surface area contributed by atoms with Gasteiger partial charge in [-0.2, -0.15) is 0 Å². The monoisotopic (exact) mass is 341 g/mol. The Balaban J connectivity index is 1.69. The van der Waals surface area contributed by atoms with Gasteiger partial charge in [0.25, 0.3) is 5.56 Å². The summed E-state index contributed by atoms with van der Waals surface area (Å²) in [5.41, 5.74) is 1.76. The van der Waals surface area contributed by atoms with Crippen LogP contribution in [0.3, 0.4) is 0 Å². The van der Waals surface area contributed by atoms with Crippen LogP contribution in [0.2, 0.25) is 0 Å². The number of hydrogen-bond acceptors (Lipinski definition) is 4. The molecule has 0 saturated heterocycles. The molecule has 8 heteroatoms. The summed E-state index contributed by atoms with van der Waals surface area (Å²) in [6.45, 7) is 4.35. The van der Waals surface area contributed by atoms with E-state index in [-0.39, 0.29) is 12.5 Å². The fraction of sp³-hybridized carbons (Fsp3) is 0.294. The number of imidazole rings is 1. The molecule has 1 aromatic carbocycles. The van der Waals surface area contributed by atoms with Crippen molar-refractivity contribution in [2.45, 2.75) is 33.0 Å². The Labute approximate surface area is 143 Å². The van der Waals surface area contributed by atoms with E-state index in [1.807, 2.05) is 18.2 Å². The molecule has 1 amide bonds. The quantitative estimate of drug-likeness (QED) is 0.716. The first kappa shape index (κ1) is 16.7. The van der Waals surface area contributed by atoms with Gasteiger partial charge in [0, 0.05) is 24.8 Å². The van der Waals surface area contributed by atoms with Crippen LogP contribution in [-0.4, -0.2) is 25.0 Å². The van der Waals surface area contributed by atoms with Crippen LogP contribution < -0.4 is 16.6 Å². The fourth-order valence-electron chi connectivity index (χ4n) is 2.57. The molecule has 3 rings (SSSR count). The van der Waals surface area contributed by atoms with Crippen molar-refractivity contribution in [3.63, 3.8) is 0 Å². The van der Waals surface area contributed by atoms with Crippen LogP contribution in [-0.2, 0) is 17.9 Å². The van der Waals surface area contributed by atoms with Crippen LogP contribution in [0.15, 0.2) is 46.4 Å². The highest BCUT2D eigenvalue weighted by molar-refractivity contribution is 5.77. The summed E-state index contributed by atoms with van der Waals surface area (Å²) in [5.74, 6) is -0.313. The second kappa shape index (κ2) is 6.76. The molecule has 0 atom stereocenters. The highest BCUT2D eigenvalue weighted by atomic mass is 16.2. The Morgan fingerprint density at radius 1 is 1.28 bits per heavy atom. The lowest BCUT2D eigenvalue weighted by atomic mass is 10.2. The molecule has 8 nitrogen and oxygen atoms in total. The number of amides is 1. The normalized spacial score (nSPS) is 11.2. The highest BCUT2D eigenvalue weighted by Crippen LogP contribution is 2.18. The minimum Gasteiger partial charge on any atom is -0.350 e. The van der Waals surface area contributed by atoms with E-state index >= 15 is 0 Å². The Bertz CT molecular complexity index is 1030. The Morgan fingerprint density at radius 3 is 2.80 bits per heavy atom. The Kier molecular flexibility index (Phi) is 4.51. The predicted molar refractivity (Wildman–Crippen MR) is 93.3 cm³/mol. The van der Waals surface area contributed by atoms with Crippen molar-refractivity contribution in [2.75, 3.05) is 0 Å². The van der Waals surface area contributed by atoms with Gasteiger partial charge < -0.3 is 9.88 Å². The summed E-state index contributed by atoms with van der Waals surface area (Å²) in [6.07, 6.45) is 3.11. The van der Waals surface area contributed by atoms with E-state index in [0.29, 0.717) is 12.6 Å².